The van der Waals surface area contributed by atoms with E-state index in [4.69, 9.17) is 0 Å². The second-order valence-electron chi connectivity index (χ2n) is 5.09. The van der Waals surface area contributed by atoms with Crippen molar-refractivity contribution in [1.29, 1.82) is 0 Å². The van der Waals surface area contributed by atoms with Crippen molar-refractivity contribution in [2.45, 2.75) is 39.5 Å². The van der Waals surface area contributed by atoms with Crippen LogP contribution in [0.5, 0.6) is 0 Å². The lowest BCUT2D eigenvalue weighted by Gasteiger charge is -2.20. The highest BCUT2D eigenvalue weighted by Gasteiger charge is 2.13. The number of nitrogens with one attached hydrogen (secondary N) is 1. The van der Waals surface area contributed by atoms with Crippen LogP contribution >= 0.6 is 15.9 Å². The van der Waals surface area contributed by atoms with Crippen LogP contribution in [0, 0.1) is 5.92 Å². The van der Waals surface area contributed by atoms with E-state index in [2.05, 4.69) is 66.3 Å². The molecule has 1 aromatic rings. The summed E-state index contributed by atoms with van der Waals surface area (Å²) in [6, 6.07) is 8.72. The Hall–Kier alpha value is -0.340. The summed E-state index contributed by atoms with van der Waals surface area (Å²) in [7, 11) is 0. The molecule has 0 aliphatic heterocycles. The number of benzene rings is 1. The first-order valence-corrected chi connectivity index (χ1v) is 7.39. The monoisotopic (exact) mass is 297 g/mol. The van der Waals surface area contributed by atoms with Crippen LogP contribution in [0.2, 0.25) is 0 Å². The molecular weight excluding hydrogens is 274 g/mol. The molecule has 0 aliphatic rings. The van der Waals surface area contributed by atoms with E-state index in [1.54, 1.807) is 0 Å². The van der Waals surface area contributed by atoms with Gasteiger partial charge in [-0.15, -0.1) is 0 Å². The van der Waals surface area contributed by atoms with Crippen molar-refractivity contribution in [1.82, 2.24) is 5.32 Å². The molecule has 1 atom stereocenters. The molecule has 1 nitrogen and oxygen atoms in total. The van der Waals surface area contributed by atoms with Crippen molar-refractivity contribution in [3.63, 3.8) is 0 Å². The third-order valence-electron chi connectivity index (χ3n) is 2.89. The highest BCUT2D eigenvalue weighted by molar-refractivity contribution is 9.10. The van der Waals surface area contributed by atoms with Gasteiger partial charge in [0.15, 0.2) is 0 Å². The molecule has 0 radical (unpaired) electrons. The van der Waals surface area contributed by atoms with Crippen molar-refractivity contribution in [2.24, 2.45) is 5.92 Å². The van der Waals surface area contributed by atoms with E-state index in [0.717, 1.165) is 19.0 Å². The molecule has 0 saturated carbocycles. The van der Waals surface area contributed by atoms with E-state index < -0.39 is 0 Å². The first-order chi connectivity index (χ1) is 8.13. The molecule has 0 amide bonds. The maximum atomic E-state index is 3.56. The quantitative estimate of drug-likeness (QED) is 0.727. The Bertz CT molecular complexity index is 322. The Morgan fingerprint density at radius 3 is 2.65 bits per heavy atom. The Balaban J connectivity index is 2.67. The fraction of sp³-hybridized carbons (Fsp3) is 0.600. The molecule has 96 valence electrons. The van der Waals surface area contributed by atoms with Gasteiger partial charge in [-0.2, -0.15) is 0 Å². The van der Waals surface area contributed by atoms with Gasteiger partial charge in [0.05, 0.1) is 0 Å². The molecule has 17 heavy (non-hydrogen) atoms. The van der Waals surface area contributed by atoms with Crippen molar-refractivity contribution < 1.29 is 0 Å². The Morgan fingerprint density at radius 1 is 1.29 bits per heavy atom. The summed E-state index contributed by atoms with van der Waals surface area (Å²) in [5.41, 5.74) is 1.44. The summed E-state index contributed by atoms with van der Waals surface area (Å²) in [6.45, 7) is 9.00. The Kier molecular flexibility index (Phi) is 6.83. The SMILES string of the molecule is CCCNCC(CC(C)C)c1cccc(Br)c1. The molecular formula is C15H24BrN. The van der Waals surface area contributed by atoms with Gasteiger partial charge in [0.1, 0.15) is 0 Å². The van der Waals surface area contributed by atoms with Crippen LogP contribution in [0.4, 0.5) is 0 Å². The molecule has 0 spiro atoms. The number of halogens is 1. The van der Waals surface area contributed by atoms with Gasteiger partial charge in [-0.3, -0.25) is 0 Å². The van der Waals surface area contributed by atoms with Gasteiger partial charge in [0.2, 0.25) is 0 Å². The van der Waals surface area contributed by atoms with Crippen LogP contribution in [0.3, 0.4) is 0 Å². The number of hydrogen-bond acceptors (Lipinski definition) is 1. The summed E-state index contributed by atoms with van der Waals surface area (Å²) >= 11 is 3.56. The third kappa shape index (κ3) is 5.69. The molecule has 1 rings (SSSR count). The molecule has 2 heteroatoms. The summed E-state index contributed by atoms with van der Waals surface area (Å²) in [5.74, 6) is 1.36. The van der Waals surface area contributed by atoms with Crippen LogP contribution in [0.1, 0.15) is 45.1 Å². The fourth-order valence-electron chi connectivity index (χ4n) is 2.12. The van der Waals surface area contributed by atoms with Gasteiger partial charge in [0, 0.05) is 11.0 Å². The summed E-state index contributed by atoms with van der Waals surface area (Å²) < 4.78 is 1.18. The predicted molar refractivity (Wildman–Crippen MR) is 79.5 cm³/mol. The van der Waals surface area contributed by atoms with E-state index in [-0.39, 0.29) is 0 Å². The molecule has 0 aliphatic carbocycles. The van der Waals surface area contributed by atoms with Gasteiger partial charge in [-0.25, -0.2) is 0 Å². The van der Waals surface area contributed by atoms with E-state index in [0.29, 0.717) is 5.92 Å². The Labute approximate surface area is 114 Å². The zero-order valence-corrected chi connectivity index (χ0v) is 12.8. The van der Waals surface area contributed by atoms with Crippen LogP contribution in [-0.4, -0.2) is 13.1 Å². The van der Waals surface area contributed by atoms with E-state index in [1.165, 1.54) is 22.9 Å². The van der Waals surface area contributed by atoms with Crippen molar-refractivity contribution in [2.75, 3.05) is 13.1 Å². The zero-order chi connectivity index (χ0) is 12.7. The first-order valence-electron chi connectivity index (χ1n) is 6.59. The number of hydrogen-bond donors (Lipinski definition) is 1. The average Bonchev–Trinajstić information content (AvgIpc) is 2.27. The molecule has 0 bridgehead atoms. The van der Waals surface area contributed by atoms with Gasteiger partial charge in [-0.1, -0.05) is 48.8 Å². The highest BCUT2D eigenvalue weighted by atomic mass is 79.9. The summed E-state index contributed by atoms with van der Waals surface area (Å²) in [4.78, 5) is 0. The average molecular weight is 298 g/mol. The van der Waals surface area contributed by atoms with Crippen molar-refractivity contribution in [3.05, 3.63) is 34.3 Å². The van der Waals surface area contributed by atoms with Crippen molar-refractivity contribution in [3.8, 4) is 0 Å². The topological polar surface area (TPSA) is 12.0 Å². The van der Waals surface area contributed by atoms with Gasteiger partial charge >= 0.3 is 0 Å². The third-order valence-corrected chi connectivity index (χ3v) is 3.39. The van der Waals surface area contributed by atoms with Crippen LogP contribution < -0.4 is 5.32 Å². The molecule has 0 fully saturated rings. The van der Waals surface area contributed by atoms with Crippen LogP contribution in [0.25, 0.3) is 0 Å². The summed E-state index contributed by atoms with van der Waals surface area (Å²) in [6.07, 6.45) is 2.44. The van der Waals surface area contributed by atoms with Crippen LogP contribution in [-0.2, 0) is 0 Å². The lowest BCUT2D eigenvalue weighted by Crippen LogP contribution is -2.23. The lowest BCUT2D eigenvalue weighted by molar-refractivity contribution is 0.470. The fourth-order valence-corrected chi connectivity index (χ4v) is 2.54. The minimum atomic E-state index is 0.624. The lowest BCUT2D eigenvalue weighted by atomic mass is 9.90. The van der Waals surface area contributed by atoms with E-state index in [9.17, 15) is 0 Å². The maximum Gasteiger partial charge on any atom is 0.0178 e. The predicted octanol–water partition coefficient (Wildman–Crippen LogP) is 4.58. The van der Waals surface area contributed by atoms with E-state index in [1.807, 2.05) is 0 Å². The largest absolute Gasteiger partial charge is 0.316 e. The summed E-state index contributed by atoms with van der Waals surface area (Å²) in [5, 5.41) is 3.54. The Morgan fingerprint density at radius 2 is 2.06 bits per heavy atom. The van der Waals surface area contributed by atoms with Gasteiger partial charge in [-0.05, 0) is 48.9 Å². The first kappa shape index (κ1) is 14.7. The van der Waals surface area contributed by atoms with Gasteiger partial charge < -0.3 is 5.32 Å². The second kappa shape index (κ2) is 7.88. The standard InChI is InChI=1S/C15H24BrN/c1-4-8-17-11-14(9-12(2)3)13-6-5-7-15(16)10-13/h5-7,10,12,14,17H,4,8-9,11H2,1-3H3. The molecule has 0 saturated heterocycles. The maximum absolute atomic E-state index is 3.56. The highest BCUT2D eigenvalue weighted by Crippen LogP contribution is 2.25. The zero-order valence-electron chi connectivity index (χ0n) is 11.2. The molecule has 0 aromatic heterocycles. The minimum Gasteiger partial charge on any atom is -0.316 e. The minimum absolute atomic E-state index is 0.624. The molecule has 0 heterocycles. The number of rotatable bonds is 7. The van der Waals surface area contributed by atoms with Crippen LogP contribution in [0.15, 0.2) is 28.7 Å². The smallest absolute Gasteiger partial charge is 0.0178 e. The molecule has 1 aromatic carbocycles. The van der Waals surface area contributed by atoms with Crippen molar-refractivity contribution >= 4 is 15.9 Å². The molecule has 1 N–H and O–H groups in total. The molecule has 1 unspecified atom stereocenters. The van der Waals surface area contributed by atoms with Gasteiger partial charge in [0.25, 0.3) is 0 Å². The van der Waals surface area contributed by atoms with E-state index >= 15 is 0 Å². The second-order valence-corrected chi connectivity index (χ2v) is 6.00. The normalized spacial score (nSPS) is 13.0.